The Bertz CT molecular complexity index is 431. The monoisotopic (exact) mass is 225 g/mol. The Balaban J connectivity index is 2.43. The Hall–Kier alpha value is -1.62. The average molecular weight is 225 g/mol. The Kier molecular flexibility index (Phi) is 2.78. The van der Waals surface area contributed by atoms with Crippen LogP contribution in [0.2, 0.25) is 0 Å². The van der Waals surface area contributed by atoms with E-state index in [0.717, 1.165) is 6.07 Å². The van der Waals surface area contributed by atoms with E-state index in [1.165, 1.54) is 13.0 Å². The molecule has 2 rings (SSSR count). The summed E-state index contributed by atoms with van der Waals surface area (Å²) in [4.78, 5) is 11.6. The number of rotatable bonds is 2. The van der Waals surface area contributed by atoms with Crippen molar-refractivity contribution in [1.29, 1.82) is 0 Å². The number of hydrogen-bond donors (Lipinski definition) is 1. The maximum Gasteiger partial charge on any atom is 0.182 e. The van der Waals surface area contributed by atoms with E-state index in [2.05, 4.69) is 0 Å². The van der Waals surface area contributed by atoms with Crippen LogP contribution in [0.4, 0.5) is 4.39 Å². The van der Waals surface area contributed by atoms with E-state index in [9.17, 15) is 9.18 Å². The molecule has 4 nitrogen and oxygen atoms in total. The molecule has 0 aliphatic carbocycles. The number of carbonyl (C=O) groups excluding carboxylic acids is 1. The predicted octanol–water partition coefficient (Wildman–Crippen LogP) is 1.13. The summed E-state index contributed by atoms with van der Waals surface area (Å²) in [7, 11) is 0. The molecular weight excluding hydrogens is 213 g/mol. The topological polar surface area (TPSA) is 61.6 Å². The third kappa shape index (κ3) is 1.86. The van der Waals surface area contributed by atoms with Crippen molar-refractivity contribution < 1.29 is 18.7 Å². The van der Waals surface area contributed by atoms with Crippen LogP contribution in [0.3, 0.4) is 0 Å². The van der Waals surface area contributed by atoms with Gasteiger partial charge in [0.25, 0.3) is 0 Å². The van der Waals surface area contributed by atoms with Gasteiger partial charge in [0.1, 0.15) is 19.0 Å². The lowest BCUT2D eigenvalue weighted by molar-refractivity contribution is 0.0962. The minimum Gasteiger partial charge on any atom is -0.486 e. The third-order valence-corrected chi connectivity index (χ3v) is 2.31. The van der Waals surface area contributed by atoms with Crippen molar-refractivity contribution in [3.05, 3.63) is 23.5 Å². The minimum atomic E-state index is -0.739. The van der Waals surface area contributed by atoms with Gasteiger partial charge in [-0.1, -0.05) is 0 Å². The van der Waals surface area contributed by atoms with E-state index in [4.69, 9.17) is 15.2 Å². The van der Waals surface area contributed by atoms with Gasteiger partial charge < -0.3 is 15.2 Å². The Morgan fingerprint density at radius 1 is 1.38 bits per heavy atom. The van der Waals surface area contributed by atoms with Crippen molar-refractivity contribution in [2.75, 3.05) is 13.2 Å². The highest BCUT2D eigenvalue weighted by Crippen LogP contribution is 2.32. The molecule has 1 aliphatic heterocycles. The van der Waals surface area contributed by atoms with Gasteiger partial charge in [0.05, 0.1) is 11.6 Å². The van der Waals surface area contributed by atoms with Crippen molar-refractivity contribution in [3.63, 3.8) is 0 Å². The third-order valence-electron chi connectivity index (χ3n) is 2.31. The molecule has 2 N–H and O–H groups in total. The van der Waals surface area contributed by atoms with Crippen LogP contribution in [-0.4, -0.2) is 25.0 Å². The van der Waals surface area contributed by atoms with E-state index in [1.807, 2.05) is 0 Å². The number of ketones is 1. The van der Waals surface area contributed by atoms with Gasteiger partial charge in [0.15, 0.2) is 17.3 Å². The maximum atomic E-state index is 13.6. The fourth-order valence-corrected chi connectivity index (χ4v) is 1.50. The molecule has 0 amide bonds. The van der Waals surface area contributed by atoms with Crippen LogP contribution in [0, 0.1) is 5.82 Å². The predicted molar refractivity (Wildman–Crippen MR) is 55.4 cm³/mol. The summed E-state index contributed by atoms with van der Waals surface area (Å²) in [5.74, 6) is -0.373. The average Bonchev–Trinajstić information content (AvgIpc) is 2.27. The minimum absolute atomic E-state index is 0.0562. The quantitative estimate of drug-likeness (QED) is 0.766. The summed E-state index contributed by atoms with van der Waals surface area (Å²) in [5, 5.41) is 0. The van der Waals surface area contributed by atoms with Gasteiger partial charge in [-0.05, 0) is 13.0 Å². The van der Waals surface area contributed by atoms with Gasteiger partial charge in [-0.2, -0.15) is 0 Å². The highest BCUT2D eigenvalue weighted by molar-refractivity contribution is 6.00. The molecule has 16 heavy (non-hydrogen) atoms. The molecule has 1 aromatic carbocycles. The van der Waals surface area contributed by atoms with Gasteiger partial charge in [-0.25, -0.2) is 4.39 Å². The highest BCUT2D eigenvalue weighted by Gasteiger charge is 2.21. The molecule has 0 radical (unpaired) electrons. The first-order chi connectivity index (χ1) is 7.59. The molecule has 0 spiro atoms. The summed E-state index contributed by atoms with van der Waals surface area (Å²) < 4.78 is 24.0. The summed E-state index contributed by atoms with van der Waals surface area (Å²) in [6.45, 7) is 2.29. The molecule has 1 aliphatic rings. The first-order valence-electron chi connectivity index (χ1n) is 4.98. The van der Waals surface area contributed by atoms with Crippen LogP contribution in [-0.2, 0) is 0 Å². The van der Waals surface area contributed by atoms with Gasteiger partial charge in [-0.3, -0.25) is 4.79 Å². The number of benzene rings is 1. The van der Waals surface area contributed by atoms with Gasteiger partial charge in [-0.15, -0.1) is 0 Å². The van der Waals surface area contributed by atoms with Crippen LogP contribution < -0.4 is 15.2 Å². The van der Waals surface area contributed by atoms with Gasteiger partial charge in [0.2, 0.25) is 0 Å². The number of Topliss-reactive ketones (excluding diaryl/α,β-unsaturated/α-hetero) is 1. The van der Waals surface area contributed by atoms with Crippen LogP contribution in [0.25, 0.3) is 0 Å². The number of carbonyl (C=O) groups is 1. The molecule has 1 aromatic rings. The lowest BCUT2D eigenvalue weighted by Gasteiger charge is -2.19. The van der Waals surface area contributed by atoms with E-state index in [1.54, 1.807) is 0 Å². The molecule has 0 saturated heterocycles. The van der Waals surface area contributed by atoms with Crippen LogP contribution in [0.1, 0.15) is 17.3 Å². The van der Waals surface area contributed by atoms with Crippen molar-refractivity contribution in [2.24, 2.45) is 5.73 Å². The second kappa shape index (κ2) is 4.09. The Morgan fingerprint density at radius 3 is 2.50 bits per heavy atom. The molecule has 0 bridgehead atoms. The first-order valence-corrected chi connectivity index (χ1v) is 4.98. The molecule has 5 heteroatoms. The normalized spacial score (nSPS) is 15.7. The molecule has 86 valence electrons. The molecule has 0 saturated carbocycles. The molecular formula is C11H12FNO3. The summed E-state index contributed by atoms with van der Waals surface area (Å²) in [5.41, 5.74) is 5.37. The summed E-state index contributed by atoms with van der Waals surface area (Å²) >= 11 is 0. The fraction of sp³-hybridized carbons (Fsp3) is 0.364. The molecule has 0 fully saturated rings. The number of hydrogen-bond acceptors (Lipinski definition) is 4. The van der Waals surface area contributed by atoms with Crippen molar-refractivity contribution in [1.82, 2.24) is 0 Å². The zero-order valence-electron chi connectivity index (χ0n) is 8.83. The first kappa shape index (κ1) is 10.9. The lowest BCUT2D eigenvalue weighted by atomic mass is 10.0. The van der Waals surface area contributed by atoms with E-state index in [0.29, 0.717) is 24.7 Å². The van der Waals surface area contributed by atoms with E-state index < -0.39 is 17.6 Å². The summed E-state index contributed by atoms with van der Waals surface area (Å²) in [6.07, 6.45) is 0. The number of halogens is 1. The second-order valence-electron chi connectivity index (χ2n) is 3.63. The zero-order chi connectivity index (χ0) is 11.7. The summed E-state index contributed by atoms with van der Waals surface area (Å²) in [6, 6.07) is 1.76. The van der Waals surface area contributed by atoms with Crippen LogP contribution in [0.15, 0.2) is 12.1 Å². The van der Waals surface area contributed by atoms with Gasteiger partial charge in [0, 0.05) is 6.07 Å². The van der Waals surface area contributed by atoms with E-state index in [-0.39, 0.29) is 5.56 Å². The number of nitrogens with two attached hydrogens (primary N) is 1. The van der Waals surface area contributed by atoms with Crippen molar-refractivity contribution in [2.45, 2.75) is 13.0 Å². The SMILES string of the molecule is CC(N)C(=O)c1cc2c(cc1F)OCCO2. The number of fused-ring (bicyclic) bond motifs is 1. The van der Waals surface area contributed by atoms with Gasteiger partial charge >= 0.3 is 0 Å². The number of ether oxygens (including phenoxy) is 2. The van der Waals surface area contributed by atoms with Crippen LogP contribution in [0.5, 0.6) is 11.5 Å². The second-order valence-corrected chi connectivity index (χ2v) is 3.63. The zero-order valence-corrected chi connectivity index (χ0v) is 8.83. The van der Waals surface area contributed by atoms with E-state index >= 15 is 0 Å². The molecule has 1 atom stereocenters. The molecule has 1 unspecified atom stereocenters. The molecule has 0 aromatic heterocycles. The maximum absolute atomic E-state index is 13.6. The highest BCUT2D eigenvalue weighted by atomic mass is 19.1. The van der Waals surface area contributed by atoms with Crippen molar-refractivity contribution >= 4 is 5.78 Å². The molecule has 1 heterocycles. The fourth-order valence-electron chi connectivity index (χ4n) is 1.50. The lowest BCUT2D eigenvalue weighted by Crippen LogP contribution is -2.27. The van der Waals surface area contributed by atoms with Crippen molar-refractivity contribution in [3.8, 4) is 11.5 Å². The standard InChI is InChI=1S/C11H12FNO3/c1-6(13)11(14)7-4-9-10(5-8(7)12)16-3-2-15-9/h4-6H,2-3,13H2,1H3. The Morgan fingerprint density at radius 2 is 1.94 bits per heavy atom. The Labute approximate surface area is 92.1 Å². The smallest absolute Gasteiger partial charge is 0.182 e. The largest absolute Gasteiger partial charge is 0.486 e. The van der Waals surface area contributed by atoms with Crippen LogP contribution >= 0.6 is 0 Å².